The van der Waals surface area contributed by atoms with E-state index in [9.17, 15) is 10.2 Å². The van der Waals surface area contributed by atoms with Crippen LogP contribution < -0.4 is 0 Å². The minimum absolute atomic E-state index is 0.152. The van der Waals surface area contributed by atoms with Crippen molar-refractivity contribution in [2.24, 2.45) is 0 Å². The number of aromatic hydroxyl groups is 2. The van der Waals surface area contributed by atoms with Crippen LogP contribution in [0, 0.1) is 0 Å². The van der Waals surface area contributed by atoms with Gasteiger partial charge in [0, 0.05) is 0 Å². The van der Waals surface area contributed by atoms with E-state index < -0.39 is 0 Å². The largest absolute Gasteiger partial charge is 0.508 e. The normalized spacial score (nSPS) is 12.2. The molecule has 0 spiro atoms. The molecule has 0 aromatic heterocycles. The van der Waals surface area contributed by atoms with Gasteiger partial charge in [-0.1, -0.05) is 78.8 Å². The van der Waals surface area contributed by atoms with Crippen LogP contribution in [0.1, 0.15) is 65.2 Å². The highest BCUT2D eigenvalue weighted by Crippen LogP contribution is 2.41. The molecule has 0 bridgehead atoms. The number of hydrogen-bond donors (Lipinski definition) is 2. The van der Waals surface area contributed by atoms with Crippen molar-refractivity contribution in [2.75, 3.05) is 0 Å². The Kier molecular flexibility index (Phi) is 5.73. The molecule has 0 aliphatic heterocycles. The van der Waals surface area contributed by atoms with Crippen LogP contribution in [0.25, 0.3) is 22.3 Å². The summed E-state index contributed by atoms with van der Waals surface area (Å²) in [5.74, 6) is 0.667. The van der Waals surface area contributed by atoms with Crippen molar-refractivity contribution in [1.29, 1.82) is 0 Å². The van der Waals surface area contributed by atoms with Crippen molar-refractivity contribution in [3.05, 3.63) is 71.3 Å². The Labute approximate surface area is 181 Å². The fourth-order valence-electron chi connectivity index (χ4n) is 4.07. The van der Waals surface area contributed by atoms with Gasteiger partial charge in [0.2, 0.25) is 0 Å². The number of benzene rings is 3. The van der Waals surface area contributed by atoms with Gasteiger partial charge >= 0.3 is 0 Å². The van der Waals surface area contributed by atoms with E-state index in [1.165, 1.54) is 11.1 Å². The maximum absolute atomic E-state index is 10.5. The first kappa shape index (κ1) is 22.0. The van der Waals surface area contributed by atoms with Gasteiger partial charge in [-0.25, -0.2) is 0 Å². The predicted octanol–water partition coefficient (Wildman–Crippen LogP) is 7.59. The van der Waals surface area contributed by atoms with Crippen molar-refractivity contribution in [3.8, 4) is 33.8 Å². The van der Waals surface area contributed by atoms with E-state index in [0.29, 0.717) is 11.5 Å². The SMILES string of the molecule is CCc1cccc(-c2ccc(O)c(C(C)(C)C)c2)c1-c1ccc(O)c(C(C)(C)C)c1. The Hall–Kier alpha value is -2.74. The maximum atomic E-state index is 10.5. The summed E-state index contributed by atoms with van der Waals surface area (Å²) in [5.41, 5.74) is 7.38. The van der Waals surface area contributed by atoms with E-state index in [0.717, 1.165) is 34.2 Å². The van der Waals surface area contributed by atoms with E-state index >= 15 is 0 Å². The van der Waals surface area contributed by atoms with Gasteiger partial charge in [0.25, 0.3) is 0 Å². The zero-order chi connectivity index (χ0) is 22.3. The van der Waals surface area contributed by atoms with Gasteiger partial charge in [-0.2, -0.15) is 0 Å². The maximum Gasteiger partial charge on any atom is 0.119 e. The molecule has 0 aliphatic rings. The van der Waals surface area contributed by atoms with Gasteiger partial charge in [0.05, 0.1) is 0 Å². The van der Waals surface area contributed by atoms with Gasteiger partial charge in [-0.3, -0.25) is 0 Å². The van der Waals surface area contributed by atoms with E-state index in [1.54, 1.807) is 6.07 Å². The first-order valence-corrected chi connectivity index (χ1v) is 10.7. The Balaban J connectivity index is 2.30. The van der Waals surface area contributed by atoms with Crippen molar-refractivity contribution in [1.82, 2.24) is 0 Å². The first-order chi connectivity index (χ1) is 13.9. The Morgan fingerprint density at radius 1 is 0.667 bits per heavy atom. The van der Waals surface area contributed by atoms with E-state index in [2.05, 4.69) is 78.8 Å². The summed E-state index contributed by atoms with van der Waals surface area (Å²) >= 11 is 0. The second-order valence-corrected chi connectivity index (χ2v) is 10.2. The summed E-state index contributed by atoms with van der Waals surface area (Å²) in [5, 5.41) is 20.9. The highest BCUT2D eigenvalue weighted by molar-refractivity contribution is 5.87. The van der Waals surface area contributed by atoms with Crippen LogP contribution >= 0.6 is 0 Å². The fraction of sp³-hybridized carbons (Fsp3) is 0.357. The molecule has 3 aromatic carbocycles. The summed E-state index contributed by atoms with van der Waals surface area (Å²) in [6.45, 7) is 14.9. The van der Waals surface area contributed by atoms with Gasteiger partial charge in [0.1, 0.15) is 11.5 Å². The second kappa shape index (κ2) is 7.83. The van der Waals surface area contributed by atoms with Crippen LogP contribution in [0.15, 0.2) is 54.6 Å². The van der Waals surface area contributed by atoms with Crippen molar-refractivity contribution < 1.29 is 10.2 Å². The molecule has 0 aliphatic carbocycles. The zero-order valence-electron chi connectivity index (χ0n) is 19.3. The lowest BCUT2D eigenvalue weighted by Crippen LogP contribution is -2.12. The van der Waals surface area contributed by atoms with Crippen LogP contribution in [0.3, 0.4) is 0 Å². The lowest BCUT2D eigenvalue weighted by molar-refractivity contribution is 0.446. The van der Waals surface area contributed by atoms with E-state index in [-0.39, 0.29) is 10.8 Å². The molecule has 2 heteroatoms. The minimum atomic E-state index is -0.153. The van der Waals surface area contributed by atoms with Gasteiger partial charge in [0.15, 0.2) is 0 Å². The van der Waals surface area contributed by atoms with Crippen molar-refractivity contribution in [3.63, 3.8) is 0 Å². The highest BCUT2D eigenvalue weighted by Gasteiger charge is 2.22. The third kappa shape index (κ3) is 4.23. The fourth-order valence-corrected chi connectivity index (χ4v) is 4.07. The molecule has 0 radical (unpaired) electrons. The summed E-state index contributed by atoms with van der Waals surface area (Å²) in [6.07, 6.45) is 0.916. The Bertz CT molecular complexity index is 1060. The molecular weight excluding hydrogens is 368 g/mol. The van der Waals surface area contributed by atoms with Crippen LogP contribution in [-0.2, 0) is 17.3 Å². The predicted molar refractivity (Wildman–Crippen MR) is 127 cm³/mol. The minimum Gasteiger partial charge on any atom is -0.508 e. The molecule has 3 aromatic rings. The van der Waals surface area contributed by atoms with Gasteiger partial charge < -0.3 is 10.2 Å². The lowest BCUT2D eigenvalue weighted by atomic mass is 9.81. The van der Waals surface area contributed by atoms with Crippen LogP contribution in [0.5, 0.6) is 11.5 Å². The van der Waals surface area contributed by atoms with Crippen LogP contribution in [-0.4, -0.2) is 10.2 Å². The molecule has 0 saturated carbocycles. The first-order valence-electron chi connectivity index (χ1n) is 10.7. The van der Waals surface area contributed by atoms with Crippen molar-refractivity contribution >= 4 is 0 Å². The lowest BCUT2D eigenvalue weighted by Gasteiger charge is -2.24. The van der Waals surface area contributed by atoms with Crippen molar-refractivity contribution in [2.45, 2.75) is 65.7 Å². The third-order valence-electron chi connectivity index (χ3n) is 5.74. The second-order valence-electron chi connectivity index (χ2n) is 10.2. The van der Waals surface area contributed by atoms with Crippen LogP contribution in [0.2, 0.25) is 0 Å². The smallest absolute Gasteiger partial charge is 0.119 e. The monoisotopic (exact) mass is 402 g/mol. The molecule has 0 atom stereocenters. The number of aryl methyl sites for hydroxylation is 1. The Morgan fingerprint density at radius 2 is 1.17 bits per heavy atom. The average Bonchev–Trinajstić information content (AvgIpc) is 2.66. The number of rotatable bonds is 3. The zero-order valence-corrected chi connectivity index (χ0v) is 19.3. The standard InChI is InChI=1S/C28H34O2/c1-8-18-10-9-11-21(19-12-14-24(29)22(16-19)27(2,3)4)26(18)20-13-15-25(30)23(17-20)28(5,6)7/h9-17,29-30H,8H2,1-7H3. The molecule has 0 heterocycles. The molecular formula is C28H34O2. The summed E-state index contributed by atoms with van der Waals surface area (Å²) in [4.78, 5) is 0. The molecule has 0 saturated heterocycles. The summed E-state index contributed by atoms with van der Waals surface area (Å²) < 4.78 is 0. The van der Waals surface area contributed by atoms with E-state index in [4.69, 9.17) is 0 Å². The summed E-state index contributed by atoms with van der Waals surface area (Å²) in [6, 6.07) is 18.3. The quantitative estimate of drug-likeness (QED) is 0.474. The highest BCUT2D eigenvalue weighted by atomic mass is 16.3. The summed E-state index contributed by atoms with van der Waals surface area (Å²) in [7, 11) is 0. The molecule has 2 nitrogen and oxygen atoms in total. The van der Waals surface area contributed by atoms with E-state index in [1.807, 2.05) is 18.2 Å². The number of phenolic OH excluding ortho intramolecular Hbond substituents is 2. The number of hydrogen-bond acceptors (Lipinski definition) is 2. The van der Waals surface area contributed by atoms with Crippen LogP contribution in [0.4, 0.5) is 0 Å². The molecule has 2 N–H and O–H groups in total. The molecule has 0 unspecified atom stereocenters. The molecule has 0 amide bonds. The molecule has 30 heavy (non-hydrogen) atoms. The van der Waals surface area contributed by atoms with Gasteiger partial charge in [-0.05, 0) is 80.5 Å². The number of phenols is 2. The average molecular weight is 403 g/mol. The molecule has 3 rings (SSSR count). The topological polar surface area (TPSA) is 40.5 Å². The third-order valence-corrected chi connectivity index (χ3v) is 5.74. The molecule has 0 fully saturated rings. The molecule has 158 valence electrons. The Morgan fingerprint density at radius 3 is 1.67 bits per heavy atom. The van der Waals surface area contributed by atoms with Gasteiger partial charge in [-0.15, -0.1) is 0 Å².